The fourth-order valence-electron chi connectivity index (χ4n) is 2.63. The third-order valence-corrected chi connectivity index (χ3v) is 3.86. The number of likely N-dealkylation sites (N-methyl/N-ethyl adjacent to an activating group) is 1. The molecule has 3 nitrogen and oxygen atoms in total. The number of aryl methyl sites for hydroxylation is 1. The van der Waals surface area contributed by atoms with E-state index in [-0.39, 0.29) is 0 Å². The van der Waals surface area contributed by atoms with Gasteiger partial charge in [0.2, 0.25) is 0 Å². The zero-order valence-corrected chi connectivity index (χ0v) is 12.0. The minimum absolute atomic E-state index is 0.398. The molecule has 0 bridgehead atoms. The van der Waals surface area contributed by atoms with Gasteiger partial charge in [0.25, 0.3) is 0 Å². The summed E-state index contributed by atoms with van der Waals surface area (Å²) in [6.45, 7) is 5.58. The first-order chi connectivity index (χ1) is 9.15. The van der Waals surface area contributed by atoms with E-state index in [1.54, 1.807) is 0 Å². The Bertz CT molecular complexity index is 371. The van der Waals surface area contributed by atoms with E-state index in [4.69, 9.17) is 4.74 Å². The molecular formula is C16H25NO2. The van der Waals surface area contributed by atoms with Crippen LogP contribution in [0.25, 0.3) is 0 Å². The molecule has 1 N–H and O–H groups in total. The van der Waals surface area contributed by atoms with Crippen molar-refractivity contribution in [2.24, 2.45) is 5.92 Å². The van der Waals surface area contributed by atoms with E-state index < -0.39 is 6.10 Å². The number of aliphatic hydroxyl groups excluding tert-OH is 1. The van der Waals surface area contributed by atoms with Crippen molar-refractivity contribution in [3.8, 4) is 0 Å². The van der Waals surface area contributed by atoms with E-state index in [9.17, 15) is 5.11 Å². The first-order valence-corrected chi connectivity index (χ1v) is 7.16. The van der Waals surface area contributed by atoms with E-state index in [2.05, 4.69) is 31.0 Å². The summed E-state index contributed by atoms with van der Waals surface area (Å²) in [5, 5.41) is 10.2. The van der Waals surface area contributed by atoms with Gasteiger partial charge in [-0.15, -0.1) is 0 Å². The number of hydrogen-bond acceptors (Lipinski definition) is 3. The second-order valence-corrected chi connectivity index (χ2v) is 5.70. The molecule has 0 aliphatic carbocycles. The summed E-state index contributed by atoms with van der Waals surface area (Å²) in [6.07, 6.45) is 1.89. The number of ether oxygens (including phenoxy) is 1. The van der Waals surface area contributed by atoms with Crippen LogP contribution in [0.2, 0.25) is 0 Å². The smallest absolute Gasteiger partial charge is 0.0916 e. The van der Waals surface area contributed by atoms with Crippen LogP contribution in [-0.2, 0) is 4.74 Å². The van der Waals surface area contributed by atoms with Gasteiger partial charge in [-0.1, -0.05) is 29.8 Å². The summed E-state index contributed by atoms with van der Waals surface area (Å²) in [4.78, 5) is 2.24. The quantitative estimate of drug-likeness (QED) is 0.885. The van der Waals surface area contributed by atoms with Crippen molar-refractivity contribution in [2.75, 3.05) is 33.4 Å². The maximum atomic E-state index is 10.2. The van der Waals surface area contributed by atoms with Gasteiger partial charge in [0.1, 0.15) is 0 Å². The number of aliphatic hydroxyl groups is 1. The number of benzene rings is 1. The van der Waals surface area contributed by atoms with Gasteiger partial charge in [-0.25, -0.2) is 0 Å². The van der Waals surface area contributed by atoms with Crippen LogP contribution >= 0.6 is 0 Å². The molecule has 0 aromatic heterocycles. The normalized spacial score (nSPS) is 18.7. The van der Waals surface area contributed by atoms with Crippen LogP contribution in [0, 0.1) is 12.8 Å². The van der Waals surface area contributed by atoms with E-state index in [1.807, 2.05) is 12.1 Å². The molecule has 1 fully saturated rings. The molecule has 1 atom stereocenters. The summed E-state index contributed by atoms with van der Waals surface area (Å²) < 4.78 is 5.37. The average molecular weight is 263 g/mol. The van der Waals surface area contributed by atoms with Crippen molar-refractivity contribution in [2.45, 2.75) is 25.9 Å². The van der Waals surface area contributed by atoms with Crippen LogP contribution < -0.4 is 0 Å². The highest BCUT2D eigenvalue weighted by Crippen LogP contribution is 2.18. The van der Waals surface area contributed by atoms with Crippen LogP contribution in [0.1, 0.15) is 30.1 Å². The number of nitrogens with zero attached hydrogens (tertiary/aromatic N) is 1. The molecule has 1 aromatic rings. The van der Waals surface area contributed by atoms with Gasteiger partial charge in [0.15, 0.2) is 0 Å². The molecule has 0 saturated carbocycles. The molecule has 0 spiro atoms. The first kappa shape index (κ1) is 14.5. The van der Waals surface area contributed by atoms with Crippen LogP contribution in [0.3, 0.4) is 0 Å². The van der Waals surface area contributed by atoms with Crippen molar-refractivity contribution in [3.63, 3.8) is 0 Å². The minimum atomic E-state index is -0.398. The predicted octanol–water partition coefficient (Wildman–Crippen LogP) is 2.39. The fraction of sp³-hybridized carbons (Fsp3) is 0.625. The minimum Gasteiger partial charge on any atom is -0.387 e. The fourth-order valence-corrected chi connectivity index (χ4v) is 2.63. The maximum Gasteiger partial charge on any atom is 0.0916 e. The summed E-state index contributed by atoms with van der Waals surface area (Å²) in [7, 11) is 2.09. The van der Waals surface area contributed by atoms with Crippen molar-refractivity contribution in [1.82, 2.24) is 4.90 Å². The van der Waals surface area contributed by atoms with Crippen LogP contribution in [0.5, 0.6) is 0 Å². The van der Waals surface area contributed by atoms with Crippen LogP contribution in [0.15, 0.2) is 24.3 Å². The van der Waals surface area contributed by atoms with Gasteiger partial charge < -0.3 is 14.7 Å². The summed E-state index contributed by atoms with van der Waals surface area (Å²) in [5.41, 5.74) is 2.23. The van der Waals surface area contributed by atoms with E-state index in [0.29, 0.717) is 12.5 Å². The largest absolute Gasteiger partial charge is 0.387 e. The molecule has 1 aromatic carbocycles. The standard InChI is InChI=1S/C16H25NO2/c1-13-3-5-15(6-4-13)16(18)12-17(2)11-14-7-9-19-10-8-14/h3-6,14,16,18H,7-12H2,1-2H3. The van der Waals surface area contributed by atoms with Gasteiger partial charge in [0.05, 0.1) is 6.10 Å². The first-order valence-electron chi connectivity index (χ1n) is 7.16. The van der Waals surface area contributed by atoms with Gasteiger partial charge in [-0.3, -0.25) is 0 Å². The van der Waals surface area contributed by atoms with E-state index >= 15 is 0 Å². The average Bonchev–Trinajstić information content (AvgIpc) is 2.40. The van der Waals surface area contributed by atoms with Crippen molar-refractivity contribution in [3.05, 3.63) is 35.4 Å². The molecule has 1 heterocycles. The number of rotatable bonds is 5. The highest BCUT2D eigenvalue weighted by atomic mass is 16.5. The molecule has 106 valence electrons. The zero-order valence-electron chi connectivity index (χ0n) is 12.0. The Morgan fingerprint density at radius 3 is 2.53 bits per heavy atom. The second kappa shape index (κ2) is 7.04. The Morgan fingerprint density at radius 1 is 1.26 bits per heavy atom. The second-order valence-electron chi connectivity index (χ2n) is 5.70. The van der Waals surface area contributed by atoms with Gasteiger partial charge in [-0.2, -0.15) is 0 Å². The monoisotopic (exact) mass is 263 g/mol. The maximum absolute atomic E-state index is 10.2. The zero-order chi connectivity index (χ0) is 13.7. The third kappa shape index (κ3) is 4.60. The molecule has 1 aliphatic heterocycles. The lowest BCUT2D eigenvalue weighted by molar-refractivity contribution is 0.0478. The van der Waals surface area contributed by atoms with Crippen molar-refractivity contribution < 1.29 is 9.84 Å². The van der Waals surface area contributed by atoms with Crippen LogP contribution in [0.4, 0.5) is 0 Å². The summed E-state index contributed by atoms with van der Waals surface area (Å²) in [6, 6.07) is 8.14. The number of hydrogen-bond donors (Lipinski definition) is 1. The van der Waals surface area contributed by atoms with Gasteiger partial charge >= 0.3 is 0 Å². The molecule has 0 amide bonds. The molecule has 1 aliphatic rings. The summed E-state index contributed by atoms with van der Waals surface area (Å²) in [5.74, 6) is 0.712. The molecular weight excluding hydrogens is 238 g/mol. The molecule has 0 radical (unpaired) electrons. The van der Waals surface area contributed by atoms with Gasteiger partial charge in [0, 0.05) is 26.3 Å². The third-order valence-electron chi connectivity index (χ3n) is 3.86. The SMILES string of the molecule is Cc1ccc(C(O)CN(C)CC2CCOCC2)cc1. The highest BCUT2D eigenvalue weighted by molar-refractivity contribution is 5.23. The van der Waals surface area contributed by atoms with Crippen LogP contribution in [-0.4, -0.2) is 43.4 Å². The van der Waals surface area contributed by atoms with E-state index in [0.717, 1.165) is 38.2 Å². The lowest BCUT2D eigenvalue weighted by Crippen LogP contribution is -2.32. The molecule has 2 rings (SSSR count). The van der Waals surface area contributed by atoms with E-state index in [1.165, 1.54) is 5.56 Å². The Hall–Kier alpha value is -0.900. The Morgan fingerprint density at radius 2 is 1.89 bits per heavy atom. The summed E-state index contributed by atoms with van der Waals surface area (Å²) >= 11 is 0. The Labute approximate surface area is 116 Å². The molecule has 1 unspecified atom stereocenters. The highest BCUT2D eigenvalue weighted by Gasteiger charge is 2.17. The molecule has 19 heavy (non-hydrogen) atoms. The van der Waals surface area contributed by atoms with Crippen molar-refractivity contribution in [1.29, 1.82) is 0 Å². The Balaban J connectivity index is 1.80. The molecule has 3 heteroatoms. The lowest BCUT2D eigenvalue weighted by atomic mass is 9.99. The van der Waals surface area contributed by atoms with Gasteiger partial charge in [-0.05, 0) is 38.3 Å². The molecule has 1 saturated heterocycles. The Kier molecular flexibility index (Phi) is 5.37. The predicted molar refractivity (Wildman–Crippen MR) is 77.2 cm³/mol. The topological polar surface area (TPSA) is 32.7 Å². The van der Waals surface area contributed by atoms with Crippen molar-refractivity contribution >= 4 is 0 Å². The lowest BCUT2D eigenvalue weighted by Gasteiger charge is -2.28.